The summed E-state index contributed by atoms with van der Waals surface area (Å²) in [5.74, 6) is 0.383. The van der Waals surface area contributed by atoms with E-state index in [0.29, 0.717) is 12.4 Å². The smallest absolute Gasteiger partial charge is 0.328 e. The van der Waals surface area contributed by atoms with E-state index in [1.165, 1.54) is 15.4 Å². The summed E-state index contributed by atoms with van der Waals surface area (Å²) in [6, 6.07) is 7.15. The fourth-order valence-electron chi connectivity index (χ4n) is 3.80. The summed E-state index contributed by atoms with van der Waals surface area (Å²) in [5.41, 5.74) is 3.09. The molecule has 8 heteroatoms. The first-order chi connectivity index (χ1) is 12.9. The van der Waals surface area contributed by atoms with Crippen LogP contribution in [0.5, 0.6) is 0 Å². The summed E-state index contributed by atoms with van der Waals surface area (Å²) in [7, 11) is 1.66. The second-order valence-electron chi connectivity index (χ2n) is 7.10. The van der Waals surface area contributed by atoms with Gasteiger partial charge in [-0.1, -0.05) is 17.7 Å². The maximum Gasteiger partial charge on any atom is 0.328 e. The number of imide groups is 1. The number of amides is 3. The maximum absolute atomic E-state index is 13.0. The summed E-state index contributed by atoms with van der Waals surface area (Å²) in [5, 5.41) is 9.08. The molecule has 0 spiro atoms. The predicted octanol–water partition coefficient (Wildman–Crippen LogP) is 1.32. The third-order valence-corrected chi connectivity index (χ3v) is 5.22. The summed E-state index contributed by atoms with van der Waals surface area (Å²) in [4.78, 5) is 36.9. The van der Waals surface area contributed by atoms with Crippen molar-refractivity contribution in [1.29, 1.82) is 0 Å². The molecule has 4 rings (SSSR count). The number of hydrogen-bond donors (Lipinski definition) is 1. The molecule has 0 bridgehead atoms. The molecule has 0 radical (unpaired) electrons. The lowest BCUT2D eigenvalue weighted by Crippen LogP contribution is -2.64. The van der Waals surface area contributed by atoms with E-state index in [2.05, 4.69) is 0 Å². The van der Waals surface area contributed by atoms with Crippen LogP contribution in [-0.4, -0.2) is 70.1 Å². The highest BCUT2D eigenvalue weighted by molar-refractivity contribution is 6.09. The van der Waals surface area contributed by atoms with Crippen LogP contribution in [0.4, 0.5) is 10.5 Å². The molecule has 0 aliphatic carbocycles. The minimum Gasteiger partial charge on any atom is -0.396 e. The van der Waals surface area contributed by atoms with E-state index in [9.17, 15) is 9.59 Å². The van der Waals surface area contributed by atoms with Crippen molar-refractivity contribution in [2.24, 2.45) is 4.99 Å². The van der Waals surface area contributed by atoms with E-state index in [-0.39, 0.29) is 25.1 Å². The van der Waals surface area contributed by atoms with Crippen molar-refractivity contribution in [2.45, 2.75) is 32.5 Å². The molecule has 1 saturated heterocycles. The largest absolute Gasteiger partial charge is 0.396 e. The first-order valence-electron chi connectivity index (χ1n) is 9.04. The monoisotopic (exact) mass is 369 g/mol. The lowest BCUT2D eigenvalue weighted by molar-refractivity contribution is -0.136. The number of allylic oxidation sites excluding steroid dienone is 1. The van der Waals surface area contributed by atoms with Gasteiger partial charge >= 0.3 is 6.03 Å². The number of aliphatic hydroxyl groups excluding tert-OH is 1. The molecule has 8 nitrogen and oxygen atoms in total. The van der Waals surface area contributed by atoms with Crippen molar-refractivity contribution < 1.29 is 14.7 Å². The van der Waals surface area contributed by atoms with Crippen molar-refractivity contribution in [3.63, 3.8) is 0 Å². The van der Waals surface area contributed by atoms with Gasteiger partial charge in [-0.05, 0) is 32.4 Å². The molecule has 3 aliphatic heterocycles. The van der Waals surface area contributed by atoms with Gasteiger partial charge in [-0.3, -0.25) is 14.6 Å². The van der Waals surface area contributed by atoms with E-state index in [4.69, 9.17) is 10.1 Å². The molecule has 3 aliphatic rings. The SMILES string of the molecule is CC1=CN2C(=NC3C2C(=O)N(CCCO)C(=O)N3C)N1c1ccc(C)cc1. The van der Waals surface area contributed by atoms with Crippen LogP contribution < -0.4 is 4.90 Å². The number of hydrogen-bond acceptors (Lipinski definition) is 6. The number of likely N-dealkylation sites (N-methyl/N-ethyl adjacent to an activating group) is 1. The third-order valence-electron chi connectivity index (χ3n) is 5.22. The molecule has 3 amide bonds. The number of nitrogens with zero attached hydrogens (tertiary/aromatic N) is 5. The molecule has 2 unspecified atom stereocenters. The van der Waals surface area contributed by atoms with Gasteiger partial charge < -0.3 is 14.9 Å². The molecule has 142 valence electrons. The highest BCUT2D eigenvalue weighted by Gasteiger charge is 2.54. The van der Waals surface area contributed by atoms with Crippen LogP contribution in [0.3, 0.4) is 0 Å². The zero-order chi connectivity index (χ0) is 19.3. The highest BCUT2D eigenvalue weighted by Crippen LogP contribution is 2.36. The Morgan fingerprint density at radius 1 is 1.15 bits per heavy atom. The summed E-state index contributed by atoms with van der Waals surface area (Å²) in [6.07, 6.45) is 1.72. The fraction of sp³-hybridized carbons (Fsp3) is 0.421. The van der Waals surface area contributed by atoms with E-state index in [0.717, 1.165) is 11.4 Å². The fourth-order valence-corrected chi connectivity index (χ4v) is 3.80. The number of aryl methyl sites for hydroxylation is 1. The predicted molar refractivity (Wildman–Crippen MR) is 101 cm³/mol. The van der Waals surface area contributed by atoms with Gasteiger partial charge in [0, 0.05) is 37.8 Å². The molecule has 3 heterocycles. The lowest BCUT2D eigenvalue weighted by Gasteiger charge is -2.40. The van der Waals surface area contributed by atoms with Crippen molar-refractivity contribution in [3.05, 3.63) is 41.7 Å². The highest BCUT2D eigenvalue weighted by atomic mass is 16.3. The Labute approximate surface area is 158 Å². The number of carbonyl (C=O) groups is 2. The van der Waals surface area contributed by atoms with E-state index in [1.807, 2.05) is 54.1 Å². The summed E-state index contributed by atoms with van der Waals surface area (Å²) < 4.78 is 0. The van der Waals surface area contributed by atoms with Gasteiger partial charge in [-0.15, -0.1) is 0 Å². The van der Waals surface area contributed by atoms with Crippen LogP contribution >= 0.6 is 0 Å². The normalized spacial score (nSPS) is 24.3. The molecule has 0 saturated carbocycles. The number of aliphatic hydroxyl groups is 1. The molecule has 27 heavy (non-hydrogen) atoms. The van der Waals surface area contributed by atoms with Gasteiger partial charge in [0.25, 0.3) is 5.91 Å². The minimum absolute atomic E-state index is 0.0689. The molecule has 1 aromatic carbocycles. The number of carbonyl (C=O) groups excluding carboxylic acids is 2. The first kappa shape index (κ1) is 17.5. The number of urea groups is 1. The van der Waals surface area contributed by atoms with Crippen molar-refractivity contribution in [1.82, 2.24) is 14.7 Å². The Morgan fingerprint density at radius 3 is 2.52 bits per heavy atom. The Hall–Kier alpha value is -2.87. The van der Waals surface area contributed by atoms with Crippen LogP contribution in [0.25, 0.3) is 0 Å². The van der Waals surface area contributed by atoms with Gasteiger partial charge in [0.2, 0.25) is 5.96 Å². The lowest BCUT2D eigenvalue weighted by atomic mass is 10.1. The average molecular weight is 369 g/mol. The van der Waals surface area contributed by atoms with E-state index < -0.39 is 12.2 Å². The number of rotatable bonds is 4. The van der Waals surface area contributed by atoms with Gasteiger partial charge in [0.15, 0.2) is 12.2 Å². The maximum atomic E-state index is 13.0. The Morgan fingerprint density at radius 2 is 1.85 bits per heavy atom. The van der Waals surface area contributed by atoms with Crippen LogP contribution in [0.1, 0.15) is 18.9 Å². The first-order valence-corrected chi connectivity index (χ1v) is 9.04. The molecule has 2 atom stereocenters. The number of benzene rings is 1. The molecule has 1 aromatic rings. The minimum atomic E-state index is -0.577. The Bertz CT molecular complexity index is 847. The van der Waals surface area contributed by atoms with Crippen LogP contribution in [0.2, 0.25) is 0 Å². The van der Waals surface area contributed by atoms with Crippen molar-refractivity contribution in [3.8, 4) is 0 Å². The van der Waals surface area contributed by atoms with Gasteiger partial charge in [0.1, 0.15) is 0 Å². The average Bonchev–Trinajstić information content (AvgIpc) is 3.15. The van der Waals surface area contributed by atoms with E-state index in [1.54, 1.807) is 7.05 Å². The van der Waals surface area contributed by atoms with Crippen LogP contribution in [0, 0.1) is 6.92 Å². The van der Waals surface area contributed by atoms with Crippen molar-refractivity contribution in [2.75, 3.05) is 25.1 Å². The number of anilines is 1. The summed E-state index contributed by atoms with van der Waals surface area (Å²) >= 11 is 0. The van der Waals surface area contributed by atoms with Gasteiger partial charge in [-0.25, -0.2) is 9.79 Å². The van der Waals surface area contributed by atoms with Crippen molar-refractivity contribution >= 4 is 23.6 Å². The Balaban J connectivity index is 1.68. The second kappa shape index (κ2) is 6.38. The number of fused-ring (bicyclic) bond motifs is 3. The molecule has 0 aromatic heterocycles. The Kier molecular flexibility index (Phi) is 4.15. The number of guanidine groups is 1. The number of aliphatic imine (C=N–C) groups is 1. The van der Waals surface area contributed by atoms with Gasteiger partial charge in [-0.2, -0.15) is 0 Å². The van der Waals surface area contributed by atoms with E-state index >= 15 is 0 Å². The molecular formula is C19H23N5O3. The van der Waals surface area contributed by atoms with Crippen LogP contribution in [-0.2, 0) is 4.79 Å². The topological polar surface area (TPSA) is 79.7 Å². The standard InChI is InChI=1S/C19H23N5O3/c1-12-5-7-14(8-6-12)24-13(2)11-23-15-16(20-18(23)24)21(3)19(27)22(17(15)26)9-4-10-25/h5-8,11,15-16,25H,4,9-10H2,1-3H3. The molecular weight excluding hydrogens is 346 g/mol. The van der Waals surface area contributed by atoms with Gasteiger partial charge in [0.05, 0.1) is 0 Å². The second-order valence-corrected chi connectivity index (χ2v) is 7.10. The zero-order valence-corrected chi connectivity index (χ0v) is 15.7. The molecule has 1 fully saturated rings. The van der Waals surface area contributed by atoms with Crippen LogP contribution in [0.15, 0.2) is 41.2 Å². The quantitative estimate of drug-likeness (QED) is 0.866. The third kappa shape index (κ3) is 2.59. The summed E-state index contributed by atoms with van der Waals surface area (Å²) in [6.45, 7) is 4.14. The zero-order valence-electron chi connectivity index (χ0n) is 15.7. The molecule has 1 N–H and O–H groups in total.